The molecule has 2 heterocycles. The zero-order valence-corrected chi connectivity index (χ0v) is 13.8. The number of nitrogens with one attached hydrogen (secondary N) is 1. The lowest BCUT2D eigenvalue weighted by atomic mass is 10.2. The van der Waals surface area contributed by atoms with Gasteiger partial charge in [-0.25, -0.2) is 8.42 Å². The molecule has 0 bridgehead atoms. The van der Waals surface area contributed by atoms with Crippen molar-refractivity contribution in [3.05, 3.63) is 54.4 Å². The minimum absolute atomic E-state index is 0.0555. The largest absolute Gasteiger partial charge is 0.381 e. The number of anilines is 1. The Morgan fingerprint density at radius 1 is 1.25 bits per heavy atom. The molecule has 1 aromatic carbocycles. The van der Waals surface area contributed by atoms with E-state index in [1.54, 1.807) is 30.5 Å². The minimum atomic E-state index is -3.34. The van der Waals surface area contributed by atoms with Crippen molar-refractivity contribution in [3.8, 4) is 0 Å². The zero-order chi connectivity index (χ0) is 17.0. The number of hydrogen-bond donors (Lipinski definition) is 1. The number of ether oxygens (including phenoxy) is 1. The molecule has 0 aliphatic carbocycles. The lowest BCUT2D eigenvalue weighted by molar-refractivity contribution is 0.102. The first-order valence-electron chi connectivity index (χ1n) is 7.66. The van der Waals surface area contributed by atoms with Crippen molar-refractivity contribution >= 4 is 21.4 Å². The van der Waals surface area contributed by atoms with Gasteiger partial charge in [-0.2, -0.15) is 0 Å². The molecule has 1 aliphatic rings. The fourth-order valence-corrected chi connectivity index (χ4v) is 4.19. The summed E-state index contributed by atoms with van der Waals surface area (Å²) in [6.07, 6.45) is 3.84. The van der Waals surface area contributed by atoms with Gasteiger partial charge in [0.25, 0.3) is 5.91 Å². The predicted octanol–water partition coefficient (Wildman–Crippen LogP) is 2.14. The van der Waals surface area contributed by atoms with Crippen LogP contribution in [0.3, 0.4) is 0 Å². The number of carbonyl (C=O) groups is 1. The summed E-state index contributed by atoms with van der Waals surface area (Å²) in [6.45, 7) is 1.12. The van der Waals surface area contributed by atoms with Gasteiger partial charge in [0, 0.05) is 24.7 Å². The molecular weight excluding hydrogens is 328 g/mol. The topological polar surface area (TPSA) is 85.4 Å². The van der Waals surface area contributed by atoms with E-state index in [0.29, 0.717) is 24.5 Å². The first-order chi connectivity index (χ1) is 11.5. The average Bonchev–Trinajstić information content (AvgIpc) is 3.08. The molecular formula is C17H18N2O4S. The van der Waals surface area contributed by atoms with E-state index in [0.717, 1.165) is 6.42 Å². The normalized spacial score (nSPS) is 17.6. The van der Waals surface area contributed by atoms with Crippen molar-refractivity contribution in [2.45, 2.75) is 11.3 Å². The lowest BCUT2D eigenvalue weighted by Crippen LogP contribution is -2.16. The van der Waals surface area contributed by atoms with Gasteiger partial charge in [-0.15, -0.1) is 0 Å². The van der Waals surface area contributed by atoms with Crippen LogP contribution < -0.4 is 5.32 Å². The maximum Gasteiger partial charge on any atom is 0.257 e. The molecule has 0 radical (unpaired) electrons. The Morgan fingerprint density at radius 3 is 2.67 bits per heavy atom. The summed E-state index contributed by atoms with van der Waals surface area (Å²) in [4.78, 5) is 16.2. The molecule has 2 aromatic rings. The van der Waals surface area contributed by atoms with Crippen LogP contribution in [0.25, 0.3) is 0 Å². The van der Waals surface area contributed by atoms with Gasteiger partial charge < -0.3 is 10.1 Å². The highest BCUT2D eigenvalue weighted by molar-refractivity contribution is 7.91. The number of rotatable bonds is 5. The second-order valence-electron chi connectivity index (χ2n) is 5.73. The Labute approximate surface area is 140 Å². The van der Waals surface area contributed by atoms with Gasteiger partial charge in [0.1, 0.15) is 0 Å². The summed E-state index contributed by atoms with van der Waals surface area (Å²) in [5, 5.41) is 2.72. The summed E-state index contributed by atoms with van der Waals surface area (Å²) < 4.78 is 30.0. The molecule has 126 valence electrons. The SMILES string of the molecule is O=C(Nc1ccc(S(=O)(=O)C[C@H]2CCOC2)cc1)c1cccnc1. The van der Waals surface area contributed by atoms with E-state index in [4.69, 9.17) is 4.74 Å². The number of nitrogens with zero attached hydrogens (tertiary/aromatic N) is 1. The van der Waals surface area contributed by atoms with Crippen molar-refractivity contribution in [2.24, 2.45) is 5.92 Å². The third kappa shape index (κ3) is 3.98. The minimum Gasteiger partial charge on any atom is -0.381 e. The highest BCUT2D eigenvalue weighted by Crippen LogP contribution is 2.21. The van der Waals surface area contributed by atoms with E-state index in [1.807, 2.05) is 0 Å². The van der Waals surface area contributed by atoms with Crippen molar-refractivity contribution in [2.75, 3.05) is 24.3 Å². The van der Waals surface area contributed by atoms with Crippen LogP contribution in [-0.4, -0.2) is 38.3 Å². The van der Waals surface area contributed by atoms with Gasteiger partial charge >= 0.3 is 0 Å². The summed E-state index contributed by atoms with van der Waals surface area (Å²) >= 11 is 0. The Morgan fingerprint density at radius 2 is 2.04 bits per heavy atom. The Hall–Kier alpha value is -2.25. The van der Waals surface area contributed by atoms with E-state index in [1.165, 1.54) is 18.3 Å². The third-order valence-electron chi connectivity index (χ3n) is 3.87. The molecule has 0 saturated carbocycles. The Kier molecular flexibility index (Phi) is 4.92. The molecule has 1 amide bonds. The first kappa shape index (κ1) is 16.6. The van der Waals surface area contributed by atoms with E-state index >= 15 is 0 Å². The number of hydrogen-bond acceptors (Lipinski definition) is 5. The van der Waals surface area contributed by atoms with Gasteiger partial charge in [-0.1, -0.05) is 0 Å². The average molecular weight is 346 g/mol. The number of benzene rings is 1. The van der Waals surface area contributed by atoms with Crippen molar-refractivity contribution in [3.63, 3.8) is 0 Å². The van der Waals surface area contributed by atoms with E-state index in [2.05, 4.69) is 10.3 Å². The van der Waals surface area contributed by atoms with Gasteiger partial charge in [0.05, 0.1) is 22.8 Å². The molecule has 0 unspecified atom stereocenters. The monoisotopic (exact) mass is 346 g/mol. The van der Waals surface area contributed by atoms with Crippen molar-refractivity contribution in [1.82, 2.24) is 4.98 Å². The second-order valence-corrected chi connectivity index (χ2v) is 7.77. The maximum atomic E-state index is 12.4. The summed E-state index contributed by atoms with van der Waals surface area (Å²) in [7, 11) is -3.34. The number of sulfone groups is 1. The number of aromatic nitrogens is 1. The summed E-state index contributed by atoms with van der Waals surface area (Å²) in [5.74, 6) is -0.143. The summed E-state index contributed by atoms with van der Waals surface area (Å²) in [5.41, 5.74) is 0.974. The molecule has 3 rings (SSSR count). The molecule has 1 N–H and O–H groups in total. The van der Waals surface area contributed by atoms with Gasteiger partial charge in [0.2, 0.25) is 0 Å². The number of amides is 1. The van der Waals surface area contributed by atoms with Crippen LogP contribution in [-0.2, 0) is 14.6 Å². The molecule has 1 atom stereocenters. The number of carbonyl (C=O) groups excluding carboxylic acids is 1. The van der Waals surface area contributed by atoms with Crippen LogP contribution in [0.5, 0.6) is 0 Å². The first-order valence-corrected chi connectivity index (χ1v) is 9.32. The van der Waals surface area contributed by atoms with Crippen LogP contribution in [0.15, 0.2) is 53.7 Å². The van der Waals surface area contributed by atoms with Crippen LogP contribution in [0.1, 0.15) is 16.8 Å². The second kappa shape index (κ2) is 7.11. The van der Waals surface area contributed by atoms with Gasteiger partial charge in [-0.3, -0.25) is 9.78 Å². The summed E-state index contributed by atoms with van der Waals surface area (Å²) in [6, 6.07) is 9.55. The quantitative estimate of drug-likeness (QED) is 0.896. The van der Waals surface area contributed by atoms with Crippen LogP contribution in [0.4, 0.5) is 5.69 Å². The van der Waals surface area contributed by atoms with Crippen LogP contribution in [0, 0.1) is 5.92 Å². The highest BCUT2D eigenvalue weighted by atomic mass is 32.2. The fourth-order valence-electron chi connectivity index (χ4n) is 2.57. The fraction of sp³-hybridized carbons (Fsp3) is 0.294. The number of pyridine rings is 1. The lowest BCUT2D eigenvalue weighted by Gasteiger charge is -2.10. The smallest absolute Gasteiger partial charge is 0.257 e. The molecule has 1 aliphatic heterocycles. The Balaban J connectivity index is 1.67. The van der Waals surface area contributed by atoms with Crippen molar-refractivity contribution in [1.29, 1.82) is 0 Å². The van der Waals surface area contributed by atoms with E-state index in [9.17, 15) is 13.2 Å². The maximum absolute atomic E-state index is 12.4. The van der Waals surface area contributed by atoms with Crippen LogP contribution in [0.2, 0.25) is 0 Å². The molecule has 0 spiro atoms. The van der Waals surface area contributed by atoms with E-state index in [-0.39, 0.29) is 22.5 Å². The van der Waals surface area contributed by atoms with Gasteiger partial charge in [-0.05, 0) is 48.7 Å². The molecule has 1 saturated heterocycles. The predicted molar refractivity (Wildman–Crippen MR) is 89.6 cm³/mol. The van der Waals surface area contributed by atoms with Crippen molar-refractivity contribution < 1.29 is 17.9 Å². The zero-order valence-electron chi connectivity index (χ0n) is 13.0. The highest BCUT2D eigenvalue weighted by Gasteiger charge is 2.24. The molecule has 24 heavy (non-hydrogen) atoms. The standard InChI is InChI=1S/C17H18N2O4S/c20-17(14-2-1-8-18-10-14)19-15-3-5-16(6-4-15)24(21,22)12-13-7-9-23-11-13/h1-6,8,10,13H,7,9,11-12H2,(H,19,20)/t13-/m0/s1. The Bertz CT molecular complexity index is 798. The van der Waals surface area contributed by atoms with Crippen LogP contribution >= 0.6 is 0 Å². The third-order valence-corrected chi connectivity index (χ3v) is 5.77. The molecule has 7 heteroatoms. The molecule has 1 fully saturated rings. The molecule has 6 nitrogen and oxygen atoms in total. The van der Waals surface area contributed by atoms with Gasteiger partial charge in [0.15, 0.2) is 9.84 Å². The van der Waals surface area contributed by atoms with E-state index < -0.39 is 9.84 Å². The molecule has 1 aromatic heterocycles.